The molecule has 0 unspecified atom stereocenters. The molecule has 9 heteroatoms. The van der Waals surface area contributed by atoms with Crippen LogP contribution >= 0.6 is 0 Å². The molecule has 0 aliphatic rings. The van der Waals surface area contributed by atoms with E-state index in [0.29, 0.717) is 0 Å². The molecule has 0 saturated heterocycles. The summed E-state index contributed by atoms with van der Waals surface area (Å²) >= 11 is 0. The van der Waals surface area contributed by atoms with Gasteiger partial charge in [0, 0.05) is 24.7 Å². The van der Waals surface area contributed by atoms with Crippen LogP contribution in [0.4, 0.5) is 5.69 Å². The van der Waals surface area contributed by atoms with Gasteiger partial charge in [0.1, 0.15) is 0 Å². The lowest BCUT2D eigenvalue weighted by atomic mass is 10.3. The summed E-state index contributed by atoms with van der Waals surface area (Å²) in [5.41, 5.74) is -0.280. The van der Waals surface area contributed by atoms with Crippen LogP contribution in [0.1, 0.15) is 13.8 Å². The van der Waals surface area contributed by atoms with Crippen LogP contribution in [0, 0.1) is 10.1 Å². The Labute approximate surface area is 123 Å². The molecule has 1 atom stereocenters. The molecule has 0 radical (unpaired) electrons. The third kappa shape index (κ3) is 4.66. The minimum atomic E-state index is -3.74. The number of nitro benzene ring substituents is 1. The molecular weight excluding hydrogens is 298 g/mol. The highest BCUT2D eigenvalue weighted by Crippen LogP contribution is 2.29. The fourth-order valence-electron chi connectivity index (χ4n) is 1.71. The largest absolute Gasteiger partial charge is 0.490 e. The van der Waals surface area contributed by atoms with E-state index < -0.39 is 14.9 Å². The van der Waals surface area contributed by atoms with Gasteiger partial charge in [-0.1, -0.05) is 6.92 Å². The van der Waals surface area contributed by atoms with Crippen molar-refractivity contribution >= 4 is 15.7 Å². The smallest absolute Gasteiger partial charge is 0.310 e. The van der Waals surface area contributed by atoms with E-state index in [2.05, 4.69) is 10.0 Å². The molecule has 0 saturated carbocycles. The monoisotopic (exact) mass is 317 g/mol. The van der Waals surface area contributed by atoms with Crippen molar-refractivity contribution in [3.05, 3.63) is 28.3 Å². The van der Waals surface area contributed by atoms with Gasteiger partial charge in [-0.25, -0.2) is 13.1 Å². The number of rotatable bonds is 8. The number of hydrogen-bond acceptors (Lipinski definition) is 6. The topological polar surface area (TPSA) is 111 Å². The average Bonchev–Trinajstić information content (AvgIpc) is 2.44. The first-order valence-corrected chi connectivity index (χ1v) is 7.85. The zero-order valence-corrected chi connectivity index (χ0v) is 12.9. The molecule has 0 aliphatic heterocycles. The van der Waals surface area contributed by atoms with Gasteiger partial charge in [-0.15, -0.1) is 0 Å². The molecule has 118 valence electrons. The van der Waals surface area contributed by atoms with Gasteiger partial charge in [0.25, 0.3) is 0 Å². The Bertz CT molecular complexity index is 603. The highest BCUT2D eigenvalue weighted by molar-refractivity contribution is 7.89. The summed E-state index contributed by atoms with van der Waals surface area (Å²) in [6.45, 7) is 4.72. The fourth-order valence-corrected chi connectivity index (χ4v) is 2.86. The van der Waals surface area contributed by atoms with E-state index >= 15 is 0 Å². The van der Waals surface area contributed by atoms with E-state index in [9.17, 15) is 18.5 Å². The minimum Gasteiger partial charge on any atom is -0.490 e. The van der Waals surface area contributed by atoms with E-state index in [4.69, 9.17) is 4.74 Å². The molecular formula is C12H19N3O5S. The Morgan fingerprint density at radius 1 is 1.43 bits per heavy atom. The standard InChI is InChI=1S/C12H19N3O5S/c1-4-13-9(2)8-14-21(18,19)10-5-6-11(15(16)17)12(7-10)20-3/h5-7,9,13-14H,4,8H2,1-3H3/t9-/m1/s1. The van der Waals surface area contributed by atoms with Gasteiger partial charge in [0.15, 0.2) is 5.75 Å². The second kappa shape index (κ2) is 7.34. The van der Waals surface area contributed by atoms with Gasteiger partial charge in [0.2, 0.25) is 10.0 Å². The maximum absolute atomic E-state index is 12.1. The molecule has 1 rings (SSSR count). The molecule has 0 bridgehead atoms. The summed E-state index contributed by atoms with van der Waals surface area (Å²) in [6, 6.07) is 3.41. The Hall–Kier alpha value is -1.71. The lowest BCUT2D eigenvalue weighted by Gasteiger charge is -2.14. The summed E-state index contributed by atoms with van der Waals surface area (Å²) in [5.74, 6) is -0.0948. The van der Waals surface area contributed by atoms with Gasteiger partial charge in [-0.3, -0.25) is 10.1 Å². The fraction of sp³-hybridized carbons (Fsp3) is 0.500. The number of methoxy groups -OCH3 is 1. The van der Waals surface area contributed by atoms with Crippen LogP contribution in [0.15, 0.2) is 23.1 Å². The van der Waals surface area contributed by atoms with E-state index in [1.807, 2.05) is 13.8 Å². The van der Waals surface area contributed by atoms with Crippen LogP contribution in [0.25, 0.3) is 0 Å². The Morgan fingerprint density at radius 3 is 2.62 bits per heavy atom. The van der Waals surface area contributed by atoms with E-state index in [0.717, 1.165) is 18.7 Å². The van der Waals surface area contributed by atoms with E-state index in [-0.39, 0.29) is 28.9 Å². The molecule has 0 heterocycles. The number of ether oxygens (including phenoxy) is 1. The maximum Gasteiger partial charge on any atom is 0.310 e. The van der Waals surface area contributed by atoms with Gasteiger partial charge in [-0.2, -0.15) is 0 Å². The number of nitrogens with one attached hydrogen (secondary N) is 2. The Morgan fingerprint density at radius 2 is 2.10 bits per heavy atom. The Kier molecular flexibility index (Phi) is 6.06. The average molecular weight is 317 g/mol. The van der Waals surface area contributed by atoms with Crippen LogP contribution in [0.3, 0.4) is 0 Å². The van der Waals surface area contributed by atoms with Crippen LogP contribution < -0.4 is 14.8 Å². The van der Waals surface area contributed by atoms with E-state index in [1.54, 1.807) is 0 Å². The third-order valence-electron chi connectivity index (χ3n) is 2.79. The predicted octanol–water partition coefficient (Wildman–Crippen LogP) is 0.880. The second-order valence-electron chi connectivity index (χ2n) is 4.40. The van der Waals surface area contributed by atoms with Gasteiger partial charge < -0.3 is 10.1 Å². The van der Waals surface area contributed by atoms with Gasteiger partial charge in [-0.05, 0) is 19.5 Å². The number of nitro groups is 1. The SMILES string of the molecule is CCN[C@H](C)CNS(=O)(=O)c1ccc([N+](=O)[O-])c(OC)c1. The first kappa shape index (κ1) is 17.3. The normalized spacial score (nSPS) is 12.9. The number of likely N-dealkylation sites (N-methyl/N-ethyl adjacent to an activating group) is 1. The van der Waals surface area contributed by atoms with Crippen molar-refractivity contribution in [1.29, 1.82) is 0 Å². The van der Waals surface area contributed by atoms with Crippen LogP contribution in [0.2, 0.25) is 0 Å². The van der Waals surface area contributed by atoms with Crippen molar-refractivity contribution < 1.29 is 18.1 Å². The molecule has 0 aromatic heterocycles. The van der Waals surface area contributed by atoms with Crippen molar-refractivity contribution in [1.82, 2.24) is 10.0 Å². The van der Waals surface area contributed by atoms with Gasteiger partial charge in [0.05, 0.1) is 16.9 Å². The first-order valence-electron chi connectivity index (χ1n) is 6.37. The predicted molar refractivity (Wildman–Crippen MR) is 78.0 cm³/mol. The van der Waals surface area contributed by atoms with E-state index in [1.165, 1.54) is 13.2 Å². The summed E-state index contributed by atoms with van der Waals surface area (Å²) < 4.78 is 31.6. The molecule has 0 aliphatic carbocycles. The van der Waals surface area contributed by atoms with Crippen molar-refractivity contribution in [2.24, 2.45) is 0 Å². The zero-order chi connectivity index (χ0) is 16.0. The highest BCUT2D eigenvalue weighted by Gasteiger charge is 2.21. The molecule has 1 aromatic carbocycles. The summed E-state index contributed by atoms with van der Waals surface area (Å²) in [6.07, 6.45) is 0. The molecule has 8 nitrogen and oxygen atoms in total. The molecule has 0 spiro atoms. The molecule has 2 N–H and O–H groups in total. The summed E-state index contributed by atoms with van der Waals surface area (Å²) in [5, 5.41) is 13.9. The number of hydrogen-bond donors (Lipinski definition) is 2. The van der Waals surface area contributed by atoms with Crippen molar-refractivity contribution in [3.8, 4) is 5.75 Å². The molecule has 0 amide bonds. The van der Waals surface area contributed by atoms with Crippen LogP contribution in [-0.2, 0) is 10.0 Å². The van der Waals surface area contributed by atoms with Crippen molar-refractivity contribution in [2.45, 2.75) is 24.8 Å². The zero-order valence-electron chi connectivity index (χ0n) is 12.1. The number of sulfonamides is 1. The van der Waals surface area contributed by atoms with Gasteiger partial charge >= 0.3 is 5.69 Å². The summed E-state index contributed by atoms with van der Waals surface area (Å²) in [4.78, 5) is 10.1. The second-order valence-corrected chi connectivity index (χ2v) is 6.17. The molecule has 0 fully saturated rings. The number of benzene rings is 1. The van der Waals surface area contributed by atoms with Crippen molar-refractivity contribution in [3.63, 3.8) is 0 Å². The lowest BCUT2D eigenvalue weighted by molar-refractivity contribution is -0.385. The van der Waals surface area contributed by atoms with Crippen LogP contribution in [0.5, 0.6) is 5.75 Å². The Balaban J connectivity index is 2.96. The molecule has 1 aromatic rings. The highest BCUT2D eigenvalue weighted by atomic mass is 32.2. The summed E-state index contributed by atoms with van der Waals surface area (Å²) in [7, 11) is -2.49. The third-order valence-corrected chi connectivity index (χ3v) is 4.21. The van der Waals surface area contributed by atoms with Crippen molar-refractivity contribution in [2.75, 3.05) is 20.2 Å². The quantitative estimate of drug-likeness (QED) is 0.544. The number of nitrogens with zero attached hydrogens (tertiary/aromatic N) is 1. The minimum absolute atomic E-state index is 0.0234. The van der Waals surface area contributed by atoms with Crippen LogP contribution in [-0.4, -0.2) is 39.6 Å². The molecule has 21 heavy (non-hydrogen) atoms. The maximum atomic E-state index is 12.1. The first-order chi connectivity index (χ1) is 9.81. The lowest BCUT2D eigenvalue weighted by Crippen LogP contribution is -2.38.